The summed E-state index contributed by atoms with van der Waals surface area (Å²) in [5.41, 5.74) is 0.917. The molecule has 0 radical (unpaired) electrons. The van der Waals surface area contributed by atoms with E-state index in [1.807, 2.05) is 24.3 Å². The van der Waals surface area contributed by atoms with Crippen molar-refractivity contribution in [3.8, 4) is 17.1 Å². The van der Waals surface area contributed by atoms with E-state index in [-0.39, 0.29) is 6.42 Å². The molecule has 2 N–H and O–H groups in total. The molecule has 0 atom stereocenters. The second kappa shape index (κ2) is 8.43. The molecule has 0 aliphatic rings. The van der Waals surface area contributed by atoms with Crippen LogP contribution in [0.1, 0.15) is 26.2 Å². The Balaban J connectivity index is 1.91. The third kappa shape index (κ3) is 5.07. The van der Waals surface area contributed by atoms with Gasteiger partial charge in [-0.3, -0.25) is 9.89 Å². The minimum Gasteiger partial charge on any atom is -0.494 e. The Kier molecular flexibility index (Phi) is 6.27. The van der Waals surface area contributed by atoms with Crippen molar-refractivity contribution in [2.75, 3.05) is 12.4 Å². The molecule has 1 heterocycles. The smallest absolute Gasteiger partial charge is 0.304 e. The number of benzene rings is 1. The maximum absolute atomic E-state index is 10.5. The van der Waals surface area contributed by atoms with E-state index in [0.717, 1.165) is 30.8 Å². The number of rotatable bonds is 9. The summed E-state index contributed by atoms with van der Waals surface area (Å²) in [5.74, 6) is 1.14. The Morgan fingerprint density at radius 1 is 1.36 bits per heavy atom. The van der Waals surface area contributed by atoms with E-state index in [1.54, 1.807) is 0 Å². The van der Waals surface area contributed by atoms with Crippen LogP contribution in [0.5, 0.6) is 5.75 Å². The maximum Gasteiger partial charge on any atom is 0.304 e. The molecule has 1 aromatic heterocycles. The summed E-state index contributed by atoms with van der Waals surface area (Å²) in [6.45, 7) is 2.85. The molecule has 2 rings (SSSR count). The molecule has 22 heavy (non-hydrogen) atoms. The van der Waals surface area contributed by atoms with E-state index in [4.69, 9.17) is 9.84 Å². The van der Waals surface area contributed by atoms with Crippen LogP contribution in [-0.2, 0) is 4.79 Å². The molecule has 0 spiro atoms. The van der Waals surface area contributed by atoms with Crippen LogP contribution in [-0.4, -0.2) is 38.6 Å². The molecule has 0 saturated heterocycles. The number of unbranched alkanes of at least 4 members (excludes halogenated alkanes) is 1. The van der Waals surface area contributed by atoms with Crippen molar-refractivity contribution in [1.82, 2.24) is 15.2 Å². The van der Waals surface area contributed by atoms with E-state index in [9.17, 15) is 4.79 Å². The molecule has 0 saturated carbocycles. The number of carboxylic acid groups (broad SMARTS) is 1. The van der Waals surface area contributed by atoms with Crippen LogP contribution < -0.4 is 4.74 Å². The Labute approximate surface area is 133 Å². The molecule has 0 aliphatic heterocycles. The predicted molar refractivity (Wildman–Crippen MR) is 85.2 cm³/mol. The molecule has 2 aromatic rings. The molecule has 0 fully saturated rings. The summed E-state index contributed by atoms with van der Waals surface area (Å²) in [6.07, 6.45) is 2.25. The molecule has 0 amide bonds. The molecular weight excluding hydrogens is 302 g/mol. The number of carboxylic acids is 1. The Hall–Kier alpha value is -2.02. The number of H-pyrrole nitrogens is 1. The second-order valence-corrected chi connectivity index (χ2v) is 5.75. The lowest BCUT2D eigenvalue weighted by Gasteiger charge is -2.05. The SMILES string of the molecule is CCCCOc1ccc(-c2nc(SCCC(=O)O)n[nH]2)cc1. The zero-order chi connectivity index (χ0) is 15.8. The van der Waals surface area contributed by atoms with Gasteiger partial charge in [0.1, 0.15) is 5.75 Å². The van der Waals surface area contributed by atoms with Gasteiger partial charge in [-0.2, -0.15) is 0 Å². The van der Waals surface area contributed by atoms with Crippen molar-refractivity contribution >= 4 is 17.7 Å². The molecule has 0 aliphatic carbocycles. The van der Waals surface area contributed by atoms with Gasteiger partial charge in [-0.1, -0.05) is 25.1 Å². The summed E-state index contributed by atoms with van der Waals surface area (Å²) >= 11 is 1.32. The Bertz CT molecular complexity index is 598. The van der Waals surface area contributed by atoms with E-state index in [1.165, 1.54) is 11.8 Å². The summed E-state index contributed by atoms with van der Waals surface area (Å²) < 4.78 is 5.61. The first-order valence-electron chi connectivity index (χ1n) is 7.19. The highest BCUT2D eigenvalue weighted by molar-refractivity contribution is 7.99. The average Bonchev–Trinajstić information content (AvgIpc) is 2.97. The van der Waals surface area contributed by atoms with Crippen LogP contribution in [0.25, 0.3) is 11.4 Å². The largest absolute Gasteiger partial charge is 0.494 e. The Morgan fingerprint density at radius 3 is 2.82 bits per heavy atom. The number of aliphatic carboxylic acids is 1. The van der Waals surface area contributed by atoms with Gasteiger partial charge < -0.3 is 9.84 Å². The Morgan fingerprint density at radius 2 is 2.14 bits per heavy atom. The fraction of sp³-hybridized carbons (Fsp3) is 0.400. The van der Waals surface area contributed by atoms with Gasteiger partial charge in [0.05, 0.1) is 13.0 Å². The van der Waals surface area contributed by atoms with Crippen molar-refractivity contribution < 1.29 is 14.6 Å². The molecule has 6 nitrogen and oxygen atoms in total. The van der Waals surface area contributed by atoms with E-state index < -0.39 is 5.97 Å². The van der Waals surface area contributed by atoms with Gasteiger partial charge in [0.15, 0.2) is 5.82 Å². The first kappa shape index (κ1) is 16.4. The van der Waals surface area contributed by atoms with E-state index >= 15 is 0 Å². The third-order valence-electron chi connectivity index (χ3n) is 2.91. The number of carbonyl (C=O) groups is 1. The van der Waals surface area contributed by atoms with Gasteiger partial charge in [0, 0.05) is 11.3 Å². The summed E-state index contributed by atoms with van der Waals surface area (Å²) in [4.78, 5) is 14.8. The van der Waals surface area contributed by atoms with Gasteiger partial charge in [-0.25, -0.2) is 4.98 Å². The van der Waals surface area contributed by atoms with Gasteiger partial charge in [-0.05, 0) is 30.7 Å². The van der Waals surface area contributed by atoms with Gasteiger partial charge >= 0.3 is 5.97 Å². The number of nitrogens with one attached hydrogen (secondary N) is 1. The van der Waals surface area contributed by atoms with Crippen molar-refractivity contribution in [2.24, 2.45) is 0 Å². The van der Waals surface area contributed by atoms with Crippen LogP contribution in [0.4, 0.5) is 0 Å². The zero-order valence-corrected chi connectivity index (χ0v) is 13.2. The number of hydrogen-bond donors (Lipinski definition) is 2. The maximum atomic E-state index is 10.5. The number of ether oxygens (including phenoxy) is 1. The normalized spacial score (nSPS) is 10.6. The fourth-order valence-corrected chi connectivity index (χ4v) is 2.44. The lowest BCUT2D eigenvalue weighted by atomic mass is 10.2. The molecule has 7 heteroatoms. The van der Waals surface area contributed by atoms with Crippen molar-refractivity contribution in [3.05, 3.63) is 24.3 Å². The highest BCUT2D eigenvalue weighted by Gasteiger charge is 2.07. The highest BCUT2D eigenvalue weighted by Crippen LogP contribution is 2.22. The molecule has 1 aromatic carbocycles. The molecule has 0 unspecified atom stereocenters. The molecule has 0 bridgehead atoms. The number of nitrogens with zero attached hydrogens (tertiary/aromatic N) is 2. The lowest BCUT2D eigenvalue weighted by Crippen LogP contribution is -1.96. The summed E-state index contributed by atoms with van der Waals surface area (Å²) in [5, 5.41) is 16.1. The molecular formula is C15H19N3O3S. The fourth-order valence-electron chi connectivity index (χ4n) is 1.71. The van der Waals surface area contributed by atoms with Crippen LogP contribution in [0.15, 0.2) is 29.4 Å². The predicted octanol–water partition coefficient (Wildman–Crippen LogP) is 3.22. The van der Waals surface area contributed by atoms with Crippen LogP contribution in [0.2, 0.25) is 0 Å². The van der Waals surface area contributed by atoms with Crippen molar-refractivity contribution in [1.29, 1.82) is 0 Å². The zero-order valence-electron chi connectivity index (χ0n) is 12.4. The van der Waals surface area contributed by atoms with Crippen LogP contribution in [0, 0.1) is 0 Å². The van der Waals surface area contributed by atoms with Gasteiger partial charge in [-0.15, -0.1) is 5.10 Å². The van der Waals surface area contributed by atoms with Gasteiger partial charge in [0.25, 0.3) is 0 Å². The summed E-state index contributed by atoms with van der Waals surface area (Å²) in [7, 11) is 0. The monoisotopic (exact) mass is 321 g/mol. The van der Waals surface area contributed by atoms with Crippen LogP contribution >= 0.6 is 11.8 Å². The number of aromatic nitrogens is 3. The van der Waals surface area contributed by atoms with Crippen LogP contribution in [0.3, 0.4) is 0 Å². The first-order chi connectivity index (χ1) is 10.7. The van der Waals surface area contributed by atoms with Gasteiger partial charge in [0.2, 0.25) is 5.16 Å². The topological polar surface area (TPSA) is 88.1 Å². The minimum atomic E-state index is -0.818. The third-order valence-corrected chi connectivity index (χ3v) is 3.76. The second-order valence-electron chi connectivity index (χ2n) is 4.69. The van der Waals surface area contributed by atoms with E-state index in [0.29, 0.717) is 16.7 Å². The molecule has 118 valence electrons. The standard InChI is InChI=1S/C15H19N3O3S/c1-2-3-9-21-12-6-4-11(5-7-12)14-16-15(18-17-14)22-10-8-13(19)20/h4-7H,2-3,8-10H2,1H3,(H,19,20)(H,16,17,18). The lowest BCUT2D eigenvalue weighted by molar-refractivity contribution is -0.136. The highest BCUT2D eigenvalue weighted by atomic mass is 32.2. The number of aromatic amines is 1. The van der Waals surface area contributed by atoms with Crippen molar-refractivity contribution in [3.63, 3.8) is 0 Å². The number of hydrogen-bond acceptors (Lipinski definition) is 5. The minimum absolute atomic E-state index is 0.0956. The summed E-state index contributed by atoms with van der Waals surface area (Å²) in [6, 6.07) is 7.66. The van der Waals surface area contributed by atoms with E-state index in [2.05, 4.69) is 22.1 Å². The average molecular weight is 321 g/mol. The number of thioether (sulfide) groups is 1. The first-order valence-corrected chi connectivity index (χ1v) is 8.18. The quantitative estimate of drug-likeness (QED) is 0.544. The van der Waals surface area contributed by atoms with Crippen molar-refractivity contribution in [2.45, 2.75) is 31.3 Å².